The molecule has 6 aliphatic carbocycles. The second-order valence-corrected chi connectivity index (χ2v) is 22.1. The summed E-state index contributed by atoms with van der Waals surface area (Å²) in [6.45, 7) is 10.2. The van der Waals surface area contributed by atoms with Crippen molar-refractivity contribution in [3.05, 3.63) is 186 Å². The number of rotatable bonds is 5. The highest BCUT2D eigenvalue weighted by molar-refractivity contribution is 5.95. The molecule has 0 N–H and O–H groups in total. The van der Waals surface area contributed by atoms with Gasteiger partial charge in [-0.15, -0.1) is 0 Å². The van der Waals surface area contributed by atoms with Crippen molar-refractivity contribution in [1.29, 1.82) is 0 Å². The van der Waals surface area contributed by atoms with E-state index in [1.165, 1.54) is 113 Å². The predicted molar refractivity (Wildman–Crippen MR) is 272 cm³/mol. The van der Waals surface area contributed by atoms with Crippen LogP contribution in [0.25, 0.3) is 44.5 Å². The lowest BCUT2D eigenvalue weighted by Crippen LogP contribution is -2.49. The van der Waals surface area contributed by atoms with Crippen molar-refractivity contribution in [2.24, 2.45) is 47.3 Å². The molecule has 2 spiro atoms. The highest BCUT2D eigenvalue weighted by Gasteiger charge is 2.58. The normalized spacial score (nSPS) is 30.1. The number of nitrogens with zero attached hydrogens (tertiary/aromatic N) is 1. The topological polar surface area (TPSA) is 3.24 Å². The first-order chi connectivity index (χ1) is 31.8. The number of benzene rings is 7. The third-order valence-electron chi connectivity index (χ3n) is 18.5. The third-order valence-corrected chi connectivity index (χ3v) is 18.5. The Bertz CT molecular complexity index is 2820. The molecule has 0 amide bonds. The van der Waals surface area contributed by atoms with Crippen LogP contribution >= 0.6 is 0 Å². The summed E-state index contributed by atoms with van der Waals surface area (Å²) in [5.41, 5.74) is 20.8. The molecule has 13 rings (SSSR count). The molecule has 10 atom stereocenters. The van der Waals surface area contributed by atoms with Gasteiger partial charge in [0.25, 0.3) is 0 Å². The molecule has 4 fully saturated rings. The Morgan fingerprint density at radius 1 is 0.354 bits per heavy atom. The van der Waals surface area contributed by atoms with Crippen molar-refractivity contribution in [2.45, 2.75) is 89.9 Å². The van der Waals surface area contributed by atoms with Crippen LogP contribution in [0.2, 0.25) is 0 Å². The first-order valence-electron chi connectivity index (χ1n) is 25.4. The summed E-state index contributed by atoms with van der Waals surface area (Å²) in [4.78, 5) is 2.63. The van der Waals surface area contributed by atoms with E-state index in [-0.39, 0.29) is 10.8 Å². The molecule has 7 aromatic carbocycles. The lowest BCUT2D eigenvalue weighted by atomic mass is 9.49. The van der Waals surface area contributed by atoms with Crippen molar-refractivity contribution in [2.75, 3.05) is 4.90 Å². The van der Waals surface area contributed by atoms with Crippen LogP contribution in [0.1, 0.15) is 101 Å². The van der Waals surface area contributed by atoms with Crippen molar-refractivity contribution < 1.29 is 0 Å². The van der Waals surface area contributed by atoms with E-state index in [9.17, 15) is 0 Å². The van der Waals surface area contributed by atoms with E-state index in [4.69, 9.17) is 0 Å². The molecule has 65 heavy (non-hydrogen) atoms. The van der Waals surface area contributed by atoms with Crippen LogP contribution in [0, 0.1) is 47.3 Å². The molecule has 0 radical (unpaired) electrons. The van der Waals surface area contributed by atoms with Crippen molar-refractivity contribution >= 4 is 17.1 Å². The molecule has 0 heterocycles. The van der Waals surface area contributed by atoms with E-state index < -0.39 is 0 Å². The summed E-state index contributed by atoms with van der Waals surface area (Å²) in [6, 6.07) is 63.8. The predicted octanol–water partition coefficient (Wildman–Crippen LogP) is 17.2. The standard InChI is InChI=1S/C64H63N/c1-40-29-44-33-42(3)63(49(31-40)35-44)58-21-13-11-19-53(58)56-38-51(24-26-60(56)63)65(62-28-23-48(46-15-7-5-8-16-46)37-55(62)47-17-9-6-10-18-47)52-25-27-61-57(39-52)54-20-12-14-22-59(54)64(61)43(4)34-45-30-41(2)32-50(64)36-45/h5-28,37-45,49-50H,29-36H2,1-4H3/t40-,41-,42+,43+,44?,45?,49+,50?,63-,64+/m1/s1. The lowest BCUT2D eigenvalue weighted by molar-refractivity contribution is 0.0425. The molecule has 0 aromatic heterocycles. The number of hydrogen-bond acceptors (Lipinski definition) is 1. The molecule has 1 nitrogen and oxygen atoms in total. The SMILES string of the molecule is C[C@@H]1CC2CC(C1)[C@]1(c3ccccc3-c3cc(N(c4ccc5c(c4)-c4ccccc4[C@@]54[C@@H]5CC(C[C@@H](C)C5)C[C@@H]4C)c4ccc(-c5ccccc5)cc4-c4ccccc4)ccc31)[C@@H](C)C2. The zero-order valence-electron chi connectivity index (χ0n) is 38.8. The largest absolute Gasteiger partial charge is 0.310 e. The van der Waals surface area contributed by atoms with Gasteiger partial charge in [-0.1, -0.05) is 155 Å². The molecule has 1 heteroatoms. The molecule has 4 saturated carbocycles. The Kier molecular flexibility index (Phi) is 9.12. The van der Waals surface area contributed by atoms with Gasteiger partial charge in [0.15, 0.2) is 0 Å². The zero-order chi connectivity index (χ0) is 43.6. The Morgan fingerprint density at radius 2 is 0.815 bits per heavy atom. The van der Waals surface area contributed by atoms with E-state index in [0.717, 1.165) is 23.7 Å². The van der Waals surface area contributed by atoms with Gasteiger partial charge in [0.1, 0.15) is 0 Å². The van der Waals surface area contributed by atoms with Crippen LogP contribution in [0.4, 0.5) is 17.1 Å². The first-order valence-corrected chi connectivity index (χ1v) is 25.4. The second-order valence-electron chi connectivity index (χ2n) is 22.1. The van der Waals surface area contributed by atoms with Crippen LogP contribution in [0.5, 0.6) is 0 Å². The summed E-state index contributed by atoms with van der Waals surface area (Å²) in [6.07, 6.45) is 10.8. The van der Waals surface area contributed by atoms with Gasteiger partial charge in [0.2, 0.25) is 0 Å². The summed E-state index contributed by atoms with van der Waals surface area (Å²) in [5, 5.41) is 0. The van der Waals surface area contributed by atoms with Gasteiger partial charge in [0, 0.05) is 27.8 Å². The summed E-state index contributed by atoms with van der Waals surface area (Å²) < 4.78 is 0. The Morgan fingerprint density at radius 3 is 1.34 bits per heavy atom. The van der Waals surface area contributed by atoms with Gasteiger partial charge in [-0.3, -0.25) is 0 Å². The van der Waals surface area contributed by atoms with Crippen molar-refractivity contribution in [1.82, 2.24) is 0 Å². The van der Waals surface area contributed by atoms with Crippen LogP contribution in [-0.4, -0.2) is 0 Å². The molecule has 4 bridgehead atoms. The van der Waals surface area contributed by atoms with Gasteiger partial charge < -0.3 is 4.90 Å². The summed E-state index contributed by atoms with van der Waals surface area (Å²) in [5.74, 6) is 5.84. The van der Waals surface area contributed by atoms with E-state index >= 15 is 0 Å². The van der Waals surface area contributed by atoms with Crippen LogP contribution in [-0.2, 0) is 10.8 Å². The summed E-state index contributed by atoms with van der Waals surface area (Å²) in [7, 11) is 0. The monoisotopic (exact) mass is 845 g/mol. The van der Waals surface area contributed by atoms with Gasteiger partial charge in [-0.2, -0.15) is 0 Å². The highest BCUT2D eigenvalue weighted by Crippen LogP contribution is 2.67. The third kappa shape index (κ3) is 5.76. The Labute approximate surface area is 388 Å². The van der Waals surface area contributed by atoms with Gasteiger partial charge in [-0.25, -0.2) is 0 Å². The smallest absolute Gasteiger partial charge is 0.0540 e. The minimum atomic E-state index is 0.0604. The van der Waals surface area contributed by atoms with Crippen molar-refractivity contribution in [3.8, 4) is 44.5 Å². The average molecular weight is 846 g/mol. The fraction of sp³-hybridized carbons (Fsp3) is 0.344. The average Bonchev–Trinajstić information content (AvgIpc) is 3.79. The first kappa shape index (κ1) is 39.7. The van der Waals surface area contributed by atoms with E-state index in [1.54, 1.807) is 22.3 Å². The highest BCUT2D eigenvalue weighted by atomic mass is 15.1. The molecular weight excluding hydrogens is 783 g/mol. The van der Waals surface area contributed by atoms with E-state index in [2.05, 4.69) is 196 Å². The van der Waals surface area contributed by atoms with Crippen LogP contribution in [0.3, 0.4) is 0 Å². The number of anilines is 3. The molecule has 324 valence electrons. The molecule has 7 aromatic rings. The Balaban J connectivity index is 1.04. The lowest BCUT2D eigenvalue weighted by Gasteiger charge is -2.54. The quantitative estimate of drug-likeness (QED) is 0.167. The molecule has 6 aliphatic rings. The van der Waals surface area contributed by atoms with Crippen LogP contribution < -0.4 is 4.90 Å². The fourth-order valence-electron chi connectivity index (χ4n) is 16.5. The Hall–Kier alpha value is -5.66. The maximum atomic E-state index is 2.63. The minimum Gasteiger partial charge on any atom is -0.310 e. The maximum absolute atomic E-state index is 2.63. The molecular formula is C64H63N. The number of fused-ring (bicyclic) bond motifs is 16. The van der Waals surface area contributed by atoms with Gasteiger partial charge in [-0.05, 0) is 196 Å². The van der Waals surface area contributed by atoms with E-state index in [1.807, 2.05) is 0 Å². The number of hydrogen-bond donors (Lipinski definition) is 0. The van der Waals surface area contributed by atoms with Gasteiger partial charge >= 0.3 is 0 Å². The second kappa shape index (κ2) is 14.9. The van der Waals surface area contributed by atoms with Crippen LogP contribution in [0.15, 0.2) is 164 Å². The van der Waals surface area contributed by atoms with E-state index in [0.29, 0.717) is 23.7 Å². The molecule has 3 unspecified atom stereocenters. The van der Waals surface area contributed by atoms with Gasteiger partial charge in [0.05, 0.1) is 5.69 Å². The summed E-state index contributed by atoms with van der Waals surface area (Å²) >= 11 is 0. The van der Waals surface area contributed by atoms with Crippen molar-refractivity contribution in [3.63, 3.8) is 0 Å². The zero-order valence-corrected chi connectivity index (χ0v) is 38.8. The minimum absolute atomic E-state index is 0.0604. The molecule has 0 saturated heterocycles. The molecule has 0 aliphatic heterocycles. The maximum Gasteiger partial charge on any atom is 0.0540 e. The fourth-order valence-corrected chi connectivity index (χ4v) is 16.5.